The molecule has 0 spiro atoms. The van der Waals surface area contributed by atoms with Crippen LogP contribution in [0.15, 0.2) is 35.4 Å². The van der Waals surface area contributed by atoms with Crippen LogP contribution < -0.4 is 4.90 Å². The Balaban J connectivity index is 1.92. The zero-order valence-electron chi connectivity index (χ0n) is 12.8. The van der Waals surface area contributed by atoms with Gasteiger partial charge in [-0.05, 0) is 50.8 Å². The Morgan fingerprint density at radius 3 is 1.86 bits per heavy atom. The summed E-state index contributed by atoms with van der Waals surface area (Å²) in [6.07, 6.45) is 2.41. The quantitative estimate of drug-likeness (QED) is 0.615. The smallest absolute Gasteiger partial charge is 0.238 e. The predicted octanol–water partition coefficient (Wildman–Crippen LogP) is 3.48. The first kappa shape index (κ1) is 14.1. The summed E-state index contributed by atoms with van der Waals surface area (Å²) in [6, 6.07) is 7.76. The molecule has 0 saturated carbocycles. The van der Waals surface area contributed by atoms with Crippen molar-refractivity contribution < 1.29 is 9.59 Å². The number of nitrogens with zero attached hydrogens (tertiary/aromatic N) is 1. The van der Waals surface area contributed by atoms with Crippen LogP contribution >= 0.6 is 0 Å². The second kappa shape index (κ2) is 5.14. The van der Waals surface area contributed by atoms with Crippen LogP contribution in [-0.4, -0.2) is 11.8 Å². The third-order valence-corrected chi connectivity index (χ3v) is 4.94. The molecule has 2 aliphatic rings. The van der Waals surface area contributed by atoms with Crippen molar-refractivity contribution in [3.8, 4) is 0 Å². The van der Waals surface area contributed by atoms with E-state index in [2.05, 4.69) is 20.8 Å². The van der Waals surface area contributed by atoms with Gasteiger partial charge in [0.15, 0.2) is 0 Å². The van der Waals surface area contributed by atoms with Crippen molar-refractivity contribution >= 4 is 17.5 Å². The maximum Gasteiger partial charge on any atom is 0.238 e. The Morgan fingerprint density at radius 2 is 1.43 bits per heavy atom. The zero-order valence-corrected chi connectivity index (χ0v) is 12.8. The molecule has 3 heteroatoms. The van der Waals surface area contributed by atoms with E-state index in [9.17, 15) is 9.59 Å². The average molecular weight is 283 g/mol. The maximum absolute atomic E-state index is 12.6. The van der Waals surface area contributed by atoms with E-state index < -0.39 is 0 Å². The number of hydrogen-bond donors (Lipinski definition) is 0. The summed E-state index contributed by atoms with van der Waals surface area (Å²) in [4.78, 5) is 26.7. The molecule has 3 rings (SSSR count). The number of amides is 2. The van der Waals surface area contributed by atoms with Gasteiger partial charge in [-0.1, -0.05) is 30.2 Å². The topological polar surface area (TPSA) is 37.4 Å². The molecule has 0 N–H and O–H groups in total. The minimum Gasteiger partial charge on any atom is -0.274 e. The normalized spacial score (nSPS) is 25.6. The molecule has 1 aliphatic carbocycles. The molecule has 2 atom stereocenters. The Kier molecular flexibility index (Phi) is 3.44. The number of anilines is 1. The maximum atomic E-state index is 12.6. The first-order valence-corrected chi connectivity index (χ1v) is 7.65. The summed E-state index contributed by atoms with van der Waals surface area (Å²) >= 11 is 0. The van der Waals surface area contributed by atoms with Crippen LogP contribution in [0.25, 0.3) is 0 Å². The van der Waals surface area contributed by atoms with Crippen molar-refractivity contribution in [2.45, 2.75) is 40.0 Å². The van der Waals surface area contributed by atoms with E-state index in [0.717, 1.165) is 19.3 Å². The molecule has 2 amide bonds. The Labute approximate surface area is 125 Å². The third-order valence-electron chi connectivity index (χ3n) is 4.94. The van der Waals surface area contributed by atoms with E-state index >= 15 is 0 Å². The fraction of sp³-hybridized carbons (Fsp3) is 0.444. The van der Waals surface area contributed by atoms with Crippen molar-refractivity contribution in [1.82, 2.24) is 0 Å². The minimum atomic E-state index is -0.160. The van der Waals surface area contributed by atoms with E-state index in [1.165, 1.54) is 21.6 Å². The van der Waals surface area contributed by atoms with E-state index in [-0.39, 0.29) is 23.7 Å². The van der Waals surface area contributed by atoms with Gasteiger partial charge in [0.25, 0.3) is 0 Å². The van der Waals surface area contributed by atoms with Crippen LogP contribution in [0.1, 0.15) is 39.2 Å². The van der Waals surface area contributed by atoms with E-state index in [1.54, 1.807) is 0 Å². The van der Waals surface area contributed by atoms with Crippen LogP contribution in [-0.2, 0) is 16.0 Å². The van der Waals surface area contributed by atoms with Crippen LogP contribution in [0, 0.1) is 11.8 Å². The number of benzene rings is 1. The number of carbonyl (C=O) groups excluding carboxylic acids is 2. The van der Waals surface area contributed by atoms with E-state index in [0.29, 0.717) is 5.69 Å². The Morgan fingerprint density at radius 1 is 0.952 bits per heavy atom. The predicted molar refractivity (Wildman–Crippen MR) is 82.9 cm³/mol. The van der Waals surface area contributed by atoms with Gasteiger partial charge in [0.2, 0.25) is 11.8 Å². The molecule has 0 radical (unpaired) electrons. The highest BCUT2D eigenvalue weighted by Gasteiger charge is 2.49. The number of fused-ring (bicyclic) bond motifs is 1. The summed E-state index contributed by atoms with van der Waals surface area (Å²) < 4.78 is 0. The standard InChI is InChI=1S/C18H21NO2/c1-4-13-5-7-14(8-6-13)19-17(20)15-9-11(2)12(3)10-16(15)18(19)21/h5-8,15-16H,4,9-10H2,1-3H3/t15-,16-/m1/s1. The Hall–Kier alpha value is -1.90. The Bertz CT molecular complexity index is 595. The number of allylic oxidation sites excluding steroid dienone is 2. The molecule has 0 bridgehead atoms. The van der Waals surface area contributed by atoms with Crippen molar-refractivity contribution in [2.75, 3.05) is 4.90 Å². The first-order chi connectivity index (χ1) is 10.0. The van der Waals surface area contributed by atoms with Gasteiger partial charge in [0.05, 0.1) is 17.5 Å². The largest absolute Gasteiger partial charge is 0.274 e. The van der Waals surface area contributed by atoms with E-state index in [4.69, 9.17) is 0 Å². The van der Waals surface area contributed by atoms with Gasteiger partial charge in [-0.2, -0.15) is 0 Å². The molecule has 0 aromatic heterocycles. The zero-order chi connectivity index (χ0) is 15.1. The van der Waals surface area contributed by atoms with Gasteiger partial charge < -0.3 is 0 Å². The second-order valence-corrected chi connectivity index (χ2v) is 6.21. The minimum absolute atomic E-state index is 0.0268. The van der Waals surface area contributed by atoms with Crippen LogP contribution in [0.2, 0.25) is 0 Å². The highest BCUT2D eigenvalue weighted by Crippen LogP contribution is 2.42. The van der Waals surface area contributed by atoms with Gasteiger partial charge in [-0.15, -0.1) is 0 Å². The number of carbonyl (C=O) groups is 2. The average Bonchev–Trinajstić information content (AvgIpc) is 2.72. The summed E-state index contributed by atoms with van der Waals surface area (Å²) in [7, 11) is 0. The molecule has 1 heterocycles. The lowest BCUT2D eigenvalue weighted by molar-refractivity contribution is -0.122. The first-order valence-electron chi connectivity index (χ1n) is 7.65. The number of imide groups is 1. The SMILES string of the molecule is CCc1ccc(N2C(=O)[C@@H]3CC(C)=C(C)C[C@H]3C2=O)cc1. The lowest BCUT2D eigenvalue weighted by Gasteiger charge is -2.23. The van der Waals surface area contributed by atoms with E-state index in [1.807, 2.05) is 24.3 Å². The van der Waals surface area contributed by atoms with Gasteiger partial charge in [-0.25, -0.2) is 0 Å². The summed E-state index contributed by atoms with van der Waals surface area (Å²) in [5, 5.41) is 0. The van der Waals surface area contributed by atoms with Crippen LogP contribution in [0.5, 0.6) is 0 Å². The number of rotatable bonds is 2. The lowest BCUT2D eigenvalue weighted by atomic mass is 9.78. The second-order valence-electron chi connectivity index (χ2n) is 6.21. The summed E-state index contributed by atoms with van der Waals surface area (Å²) in [5.74, 6) is -0.374. The van der Waals surface area contributed by atoms with Gasteiger partial charge >= 0.3 is 0 Å². The van der Waals surface area contributed by atoms with Crippen molar-refractivity contribution in [3.05, 3.63) is 41.0 Å². The van der Waals surface area contributed by atoms with Crippen LogP contribution in [0.3, 0.4) is 0 Å². The highest BCUT2D eigenvalue weighted by atomic mass is 16.2. The molecule has 1 saturated heterocycles. The van der Waals surface area contributed by atoms with Crippen LogP contribution in [0.4, 0.5) is 5.69 Å². The van der Waals surface area contributed by atoms with Gasteiger partial charge in [-0.3, -0.25) is 14.5 Å². The summed E-state index contributed by atoms with van der Waals surface area (Å²) in [5.41, 5.74) is 4.46. The molecule has 1 aromatic carbocycles. The van der Waals surface area contributed by atoms with Crippen molar-refractivity contribution in [1.29, 1.82) is 0 Å². The highest BCUT2D eigenvalue weighted by molar-refractivity contribution is 6.22. The molecule has 110 valence electrons. The molecular weight excluding hydrogens is 262 g/mol. The van der Waals surface area contributed by atoms with Crippen molar-refractivity contribution in [3.63, 3.8) is 0 Å². The molecule has 0 unspecified atom stereocenters. The fourth-order valence-corrected chi connectivity index (χ4v) is 3.39. The molecule has 1 aliphatic heterocycles. The van der Waals surface area contributed by atoms with Gasteiger partial charge in [0, 0.05) is 0 Å². The van der Waals surface area contributed by atoms with Crippen molar-refractivity contribution in [2.24, 2.45) is 11.8 Å². The molecule has 1 aromatic rings. The molecule has 3 nitrogen and oxygen atoms in total. The lowest BCUT2D eigenvalue weighted by Crippen LogP contribution is -2.30. The fourth-order valence-electron chi connectivity index (χ4n) is 3.39. The summed E-state index contributed by atoms with van der Waals surface area (Å²) in [6.45, 7) is 6.23. The monoisotopic (exact) mass is 283 g/mol. The number of aryl methyl sites for hydroxylation is 1. The molecule has 21 heavy (non-hydrogen) atoms. The third kappa shape index (κ3) is 2.21. The van der Waals surface area contributed by atoms with Gasteiger partial charge in [0.1, 0.15) is 0 Å². The molecular formula is C18H21NO2. The number of hydrogen-bond acceptors (Lipinski definition) is 2. The molecule has 1 fully saturated rings.